The van der Waals surface area contributed by atoms with Gasteiger partial charge in [-0.3, -0.25) is 0 Å². The number of rotatable bonds is 1. The Balaban J connectivity index is 2.02. The van der Waals surface area contributed by atoms with Gasteiger partial charge in [0.05, 0.1) is 13.2 Å². The van der Waals surface area contributed by atoms with Crippen molar-refractivity contribution in [1.82, 2.24) is 4.98 Å². The van der Waals surface area contributed by atoms with Gasteiger partial charge in [-0.15, -0.1) is 0 Å². The van der Waals surface area contributed by atoms with E-state index in [0.717, 1.165) is 32.7 Å². The molecule has 0 saturated heterocycles. The Labute approximate surface area is 155 Å². The first-order valence-corrected chi connectivity index (χ1v) is 8.55. The van der Waals surface area contributed by atoms with Crippen molar-refractivity contribution in [3.63, 3.8) is 0 Å². The summed E-state index contributed by atoms with van der Waals surface area (Å²) in [6, 6.07) is 15.7. The van der Waals surface area contributed by atoms with E-state index in [9.17, 15) is 0 Å². The maximum atomic E-state index is 8.07. The molecule has 0 aliphatic heterocycles. The Morgan fingerprint density at radius 2 is 1.88 bits per heavy atom. The normalized spacial score (nSPS) is 13.8. The first-order valence-electron chi connectivity index (χ1n) is 10.1. The lowest BCUT2D eigenvalue weighted by Gasteiger charge is -2.07. The summed E-state index contributed by atoms with van der Waals surface area (Å²) in [5.41, 5.74) is 3.13. The average Bonchev–Trinajstić information content (AvgIpc) is 3.06. The molecule has 0 aliphatic carbocycles. The highest BCUT2D eigenvalue weighted by Crippen LogP contribution is 2.40. The van der Waals surface area contributed by atoms with Gasteiger partial charge in [0.25, 0.3) is 0 Å². The number of hydrogen-bond acceptors (Lipinski definition) is 2. The summed E-state index contributed by atoms with van der Waals surface area (Å²) in [4.78, 5) is 4.53. The first-order chi connectivity index (χ1) is 13.9. The van der Waals surface area contributed by atoms with E-state index in [4.69, 9.17) is 8.53 Å². The first kappa shape index (κ1) is 12.2. The monoisotopic (exact) mass is 342 g/mol. The van der Waals surface area contributed by atoms with Crippen LogP contribution < -0.4 is 4.57 Å². The fourth-order valence-electron chi connectivity index (χ4n) is 3.68. The molecule has 26 heavy (non-hydrogen) atoms. The summed E-state index contributed by atoms with van der Waals surface area (Å²) < 4.78 is 32.5. The van der Waals surface area contributed by atoms with Crippen molar-refractivity contribution < 1.29 is 13.1 Å². The Bertz CT molecular complexity index is 1420. The molecule has 0 spiro atoms. The van der Waals surface area contributed by atoms with Crippen LogP contribution in [0.2, 0.25) is 0 Å². The van der Waals surface area contributed by atoms with Crippen LogP contribution in [0.1, 0.15) is 15.2 Å². The average molecular weight is 342 g/mol. The maximum Gasteiger partial charge on any atom is 0.334 e. The fraction of sp³-hybridized carbons (Fsp3) is 0.130. The summed E-state index contributed by atoms with van der Waals surface area (Å²) in [5.74, 6) is 0.671. The van der Waals surface area contributed by atoms with Gasteiger partial charge in [0.15, 0.2) is 5.58 Å². The van der Waals surface area contributed by atoms with Gasteiger partial charge in [0.2, 0.25) is 0 Å². The third-order valence-electron chi connectivity index (χ3n) is 5.06. The molecule has 0 saturated carbocycles. The van der Waals surface area contributed by atoms with Gasteiger partial charge in [0.1, 0.15) is 17.3 Å². The van der Waals surface area contributed by atoms with Gasteiger partial charge in [-0.05, 0) is 47.4 Å². The molecule has 0 amide bonds. The molecule has 0 atom stereocenters. The molecule has 0 bridgehead atoms. The van der Waals surface area contributed by atoms with E-state index < -0.39 is 6.85 Å². The molecule has 2 heterocycles. The zero-order valence-electron chi connectivity index (χ0n) is 17.6. The van der Waals surface area contributed by atoms with Crippen LogP contribution in [0, 0.1) is 13.8 Å². The van der Waals surface area contributed by atoms with Crippen LogP contribution >= 0.6 is 0 Å². The summed E-state index contributed by atoms with van der Waals surface area (Å²) in [7, 11) is 1.90. The van der Waals surface area contributed by atoms with Gasteiger partial charge < -0.3 is 4.42 Å². The van der Waals surface area contributed by atoms with Crippen LogP contribution in [0.3, 0.4) is 0 Å². The number of hydrogen-bond donors (Lipinski definition) is 0. The standard InChI is InChI=1S/C23H19N2O/c1-14-13-19-18-10-9-16-7-4-5-8-17(16)21(18)26-22(19)20(15(14)2)23-24-11-6-12-25(23)3/h4-13H,1-3H3/q+1/i1D3. The van der Waals surface area contributed by atoms with Crippen LogP contribution in [0.15, 0.2) is 65.3 Å². The fourth-order valence-corrected chi connectivity index (χ4v) is 3.68. The lowest BCUT2D eigenvalue weighted by molar-refractivity contribution is -0.663. The second kappa shape index (κ2) is 5.40. The number of benzene rings is 3. The van der Waals surface area contributed by atoms with E-state index in [-0.39, 0.29) is 0 Å². The highest BCUT2D eigenvalue weighted by atomic mass is 16.3. The van der Waals surface area contributed by atoms with E-state index >= 15 is 0 Å². The van der Waals surface area contributed by atoms with Gasteiger partial charge >= 0.3 is 5.82 Å². The predicted molar refractivity (Wildman–Crippen MR) is 105 cm³/mol. The largest absolute Gasteiger partial charge is 0.454 e. The van der Waals surface area contributed by atoms with Crippen LogP contribution in [0.5, 0.6) is 0 Å². The topological polar surface area (TPSA) is 29.9 Å². The quantitative estimate of drug-likeness (QED) is 0.390. The van der Waals surface area contributed by atoms with E-state index in [1.807, 2.05) is 67.2 Å². The second-order valence-corrected chi connectivity index (χ2v) is 6.62. The van der Waals surface area contributed by atoms with Crippen molar-refractivity contribution >= 4 is 32.7 Å². The van der Waals surface area contributed by atoms with Crippen molar-refractivity contribution in [2.24, 2.45) is 7.05 Å². The smallest absolute Gasteiger partial charge is 0.334 e. The predicted octanol–water partition coefficient (Wildman–Crippen LogP) is 5.24. The summed E-state index contributed by atoms with van der Waals surface area (Å²) in [6.45, 7) is -0.405. The van der Waals surface area contributed by atoms with Crippen molar-refractivity contribution in [1.29, 1.82) is 0 Å². The highest BCUT2D eigenvalue weighted by Gasteiger charge is 2.24. The molecular formula is C23H19N2O+. The van der Waals surface area contributed by atoms with E-state index in [0.29, 0.717) is 22.5 Å². The van der Waals surface area contributed by atoms with Gasteiger partial charge in [0, 0.05) is 26.3 Å². The summed E-state index contributed by atoms with van der Waals surface area (Å²) >= 11 is 0. The number of fused-ring (bicyclic) bond motifs is 5. The molecule has 0 aliphatic rings. The molecule has 0 radical (unpaired) electrons. The van der Waals surface area contributed by atoms with Crippen LogP contribution in [-0.4, -0.2) is 4.98 Å². The van der Waals surface area contributed by atoms with E-state index in [1.54, 1.807) is 12.3 Å². The minimum Gasteiger partial charge on any atom is -0.454 e. The zero-order chi connectivity index (χ0) is 20.3. The number of furan rings is 1. The molecule has 3 aromatic carbocycles. The molecule has 0 fully saturated rings. The SMILES string of the molecule is [2H]C([2H])([2H])c1cc2c(oc3c4ccccc4ccc23)c(-c2nccc[n+]2C)c1C. The van der Waals surface area contributed by atoms with Crippen molar-refractivity contribution in [2.75, 3.05) is 0 Å². The van der Waals surface area contributed by atoms with E-state index in [1.165, 1.54) is 0 Å². The molecule has 0 N–H and O–H groups in total. The third-order valence-corrected chi connectivity index (χ3v) is 5.06. The molecule has 3 heteroatoms. The Morgan fingerprint density at radius 1 is 1.00 bits per heavy atom. The van der Waals surface area contributed by atoms with Gasteiger partial charge in [-0.1, -0.05) is 30.3 Å². The van der Waals surface area contributed by atoms with Gasteiger partial charge in [-0.25, -0.2) is 4.57 Å². The molecule has 2 aromatic heterocycles. The van der Waals surface area contributed by atoms with Crippen molar-refractivity contribution in [2.45, 2.75) is 13.8 Å². The van der Waals surface area contributed by atoms with E-state index in [2.05, 4.69) is 4.98 Å². The molecular weight excluding hydrogens is 320 g/mol. The van der Waals surface area contributed by atoms with Crippen LogP contribution in [-0.2, 0) is 7.05 Å². The molecule has 3 nitrogen and oxygen atoms in total. The number of nitrogens with zero attached hydrogens (tertiary/aromatic N) is 2. The van der Waals surface area contributed by atoms with Crippen LogP contribution in [0.25, 0.3) is 44.1 Å². The summed E-state index contributed by atoms with van der Waals surface area (Å²) in [6.07, 6.45) is 3.61. The molecule has 126 valence electrons. The third kappa shape index (κ3) is 2.00. The Morgan fingerprint density at radius 3 is 2.73 bits per heavy atom. The minimum atomic E-state index is -2.24. The molecule has 5 aromatic rings. The minimum absolute atomic E-state index is 0.321. The van der Waals surface area contributed by atoms with Gasteiger partial charge in [-0.2, -0.15) is 0 Å². The van der Waals surface area contributed by atoms with Crippen molar-refractivity contribution in [3.05, 3.63) is 72.1 Å². The highest BCUT2D eigenvalue weighted by molar-refractivity contribution is 6.17. The lowest BCUT2D eigenvalue weighted by atomic mass is 9.97. The molecule has 5 rings (SSSR count). The number of aromatic nitrogens is 2. The second-order valence-electron chi connectivity index (χ2n) is 6.62. The molecule has 0 unspecified atom stereocenters. The Kier molecular flexibility index (Phi) is 2.53. The number of aryl methyl sites for hydroxylation is 2. The summed E-state index contributed by atoms with van der Waals surface area (Å²) in [5, 5.41) is 3.79. The lowest BCUT2D eigenvalue weighted by Crippen LogP contribution is -2.31. The van der Waals surface area contributed by atoms with Crippen molar-refractivity contribution in [3.8, 4) is 11.4 Å². The zero-order valence-corrected chi connectivity index (χ0v) is 14.6. The van der Waals surface area contributed by atoms with Crippen LogP contribution in [0.4, 0.5) is 0 Å². The Hall–Kier alpha value is -3.20. The maximum absolute atomic E-state index is 8.07.